The number of ether oxygens (including phenoxy) is 2. The third-order valence-electron chi connectivity index (χ3n) is 2.77. The summed E-state index contributed by atoms with van der Waals surface area (Å²) in [6, 6.07) is 7.39. The van der Waals surface area contributed by atoms with E-state index in [-0.39, 0.29) is 17.9 Å². The second-order valence-electron chi connectivity index (χ2n) is 4.12. The number of hydrogen-bond acceptors (Lipinski definition) is 4. The van der Waals surface area contributed by atoms with Gasteiger partial charge in [0.1, 0.15) is 23.9 Å². The molecule has 21 heavy (non-hydrogen) atoms. The topological polar surface area (TPSA) is 61.6 Å². The van der Waals surface area contributed by atoms with Crippen molar-refractivity contribution < 1.29 is 23.2 Å². The number of benzene rings is 2. The van der Waals surface area contributed by atoms with E-state index in [1.54, 1.807) is 6.07 Å². The maximum Gasteiger partial charge on any atom is 0.305 e. The van der Waals surface area contributed by atoms with E-state index in [2.05, 4.69) is 0 Å². The Bertz CT molecular complexity index is 676. The van der Waals surface area contributed by atoms with Crippen LogP contribution in [0.4, 0.5) is 14.5 Å². The van der Waals surface area contributed by atoms with Gasteiger partial charge in [0, 0.05) is 23.8 Å². The van der Waals surface area contributed by atoms with Crippen molar-refractivity contribution in [2.24, 2.45) is 0 Å². The summed E-state index contributed by atoms with van der Waals surface area (Å²) in [6.07, 6.45) is 0. The SMILES string of the molecule is COc1ccc(COc2ccc([N+](=O)[O-])c(F)c2)c(F)c1. The van der Waals surface area contributed by atoms with Gasteiger partial charge in [-0.25, -0.2) is 4.39 Å². The van der Waals surface area contributed by atoms with Crippen LogP contribution < -0.4 is 9.47 Å². The molecule has 0 amide bonds. The summed E-state index contributed by atoms with van der Waals surface area (Å²) in [5, 5.41) is 10.5. The Morgan fingerprint density at radius 2 is 1.76 bits per heavy atom. The molecule has 2 aromatic carbocycles. The first-order valence-corrected chi connectivity index (χ1v) is 5.90. The van der Waals surface area contributed by atoms with Gasteiger partial charge in [-0.3, -0.25) is 10.1 Å². The summed E-state index contributed by atoms with van der Waals surface area (Å²) in [6.45, 7) is -0.132. The Hall–Kier alpha value is -2.70. The van der Waals surface area contributed by atoms with Crippen LogP contribution in [0.5, 0.6) is 11.5 Å². The second kappa shape index (κ2) is 6.17. The fourth-order valence-electron chi connectivity index (χ4n) is 1.66. The lowest BCUT2D eigenvalue weighted by atomic mass is 10.2. The summed E-state index contributed by atoms with van der Waals surface area (Å²) in [5.74, 6) is -1.07. The molecule has 0 heterocycles. The van der Waals surface area contributed by atoms with Crippen LogP contribution in [0.15, 0.2) is 36.4 Å². The minimum absolute atomic E-state index is 0.0771. The molecule has 5 nitrogen and oxygen atoms in total. The molecular weight excluding hydrogens is 284 g/mol. The molecule has 0 N–H and O–H groups in total. The maximum atomic E-state index is 13.7. The molecule has 0 aliphatic heterocycles. The van der Waals surface area contributed by atoms with E-state index in [1.165, 1.54) is 25.3 Å². The smallest absolute Gasteiger partial charge is 0.305 e. The minimum Gasteiger partial charge on any atom is -0.497 e. The minimum atomic E-state index is -1.01. The number of halogens is 2. The highest BCUT2D eigenvalue weighted by Crippen LogP contribution is 2.24. The molecule has 0 aromatic heterocycles. The zero-order valence-electron chi connectivity index (χ0n) is 11.0. The highest BCUT2D eigenvalue weighted by atomic mass is 19.1. The average Bonchev–Trinajstić information content (AvgIpc) is 2.45. The number of nitro benzene ring substituents is 1. The molecule has 2 rings (SSSR count). The third kappa shape index (κ3) is 3.44. The highest BCUT2D eigenvalue weighted by Gasteiger charge is 2.14. The van der Waals surface area contributed by atoms with Crippen molar-refractivity contribution in [2.75, 3.05) is 7.11 Å². The van der Waals surface area contributed by atoms with Crippen LogP contribution >= 0.6 is 0 Å². The van der Waals surface area contributed by atoms with Gasteiger partial charge in [0.15, 0.2) is 0 Å². The van der Waals surface area contributed by atoms with E-state index in [0.717, 1.165) is 12.1 Å². The van der Waals surface area contributed by atoms with Gasteiger partial charge >= 0.3 is 5.69 Å². The lowest BCUT2D eigenvalue weighted by Gasteiger charge is -2.08. The number of nitrogens with zero attached hydrogens (tertiary/aromatic N) is 1. The number of nitro groups is 1. The molecule has 0 saturated carbocycles. The van der Waals surface area contributed by atoms with E-state index in [1.807, 2.05) is 0 Å². The molecule has 0 unspecified atom stereocenters. The standard InChI is InChI=1S/C14H11F2NO4/c1-20-10-3-2-9(12(15)6-10)8-21-11-4-5-14(17(18)19)13(16)7-11/h2-7H,8H2,1H3. The van der Waals surface area contributed by atoms with Gasteiger partial charge in [-0.05, 0) is 18.2 Å². The molecule has 2 aromatic rings. The van der Waals surface area contributed by atoms with Gasteiger partial charge in [-0.1, -0.05) is 0 Å². The van der Waals surface area contributed by atoms with Gasteiger partial charge in [0.25, 0.3) is 0 Å². The first-order chi connectivity index (χ1) is 10.0. The van der Waals surface area contributed by atoms with Crippen molar-refractivity contribution in [3.05, 3.63) is 63.7 Å². The van der Waals surface area contributed by atoms with Crippen molar-refractivity contribution in [1.82, 2.24) is 0 Å². The Morgan fingerprint density at radius 3 is 2.33 bits per heavy atom. The Labute approximate surface area is 118 Å². The van der Waals surface area contributed by atoms with E-state index in [9.17, 15) is 18.9 Å². The predicted octanol–water partition coefficient (Wildman–Crippen LogP) is 3.46. The summed E-state index contributed by atoms with van der Waals surface area (Å²) < 4.78 is 37.1. The number of hydrogen-bond donors (Lipinski definition) is 0. The van der Waals surface area contributed by atoms with E-state index >= 15 is 0 Å². The average molecular weight is 295 g/mol. The van der Waals surface area contributed by atoms with Crippen molar-refractivity contribution in [3.63, 3.8) is 0 Å². The zero-order valence-corrected chi connectivity index (χ0v) is 11.0. The number of rotatable bonds is 5. The summed E-state index contributed by atoms with van der Waals surface area (Å²) in [4.78, 5) is 9.65. The molecule has 0 atom stereocenters. The van der Waals surface area contributed by atoms with Crippen LogP contribution in [0.1, 0.15) is 5.56 Å². The molecule has 0 aliphatic rings. The van der Waals surface area contributed by atoms with Gasteiger partial charge in [0.05, 0.1) is 12.0 Å². The summed E-state index contributed by atoms with van der Waals surface area (Å²) >= 11 is 0. The molecule has 0 aliphatic carbocycles. The molecule has 0 saturated heterocycles. The molecule has 110 valence electrons. The Morgan fingerprint density at radius 1 is 1.10 bits per heavy atom. The summed E-state index contributed by atoms with van der Waals surface area (Å²) in [5.41, 5.74) is -0.382. The lowest BCUT2D eigenvalue weighted by molar-refractivity contribution is -0.387. The van der Waals surface area contributed by atoms with Crippen molar-refractivity contribution in [1.29, 1.82) is 0 Å². The van der Waals surface area contributed by atoms with Crippen LogP contribution in [0, 0.1) is 21.7 Å². The first-order valence-electron chi connectivity index (χ1n) is 5.90. The molecular formula is C14H11F2NO4. The normalized spacial score (nSPS) is 10.2. The van der Waals surface area contributed by atoms with Gasteiger partial charge in [-0.15, -0.1) is 0 Å². The largest absolute Gasteiger partial charge is 0.497 e. The van der Waals surface area contributed by atoms with Crippen molar-refractivity contribution in [3.8, 4) is 11.5 Å². The van der Waals surface area contributed by atoms with E-state index in [4.69, 9.17) is 9.47 Å². The quantitative estimate of drug-likeness (QED) is 0.626. The molecule has 7 heteroatoms. The fourth-order valence-corrected chi connectivity index (χ4v) is 1.66. The molecule has 0 spiro atoms. The predicted molar refractivity (Wildman–Crippen MR) is 70.3 cm³/mol. The molecule has 0 radical (unpaired) electrons. The lowest BCUT2D eigenvalue weighted by Crippen LogP contribution is -2.00. The fraction of sp³-hybridized carbons (Fsp3) is 0.143. The summed E-state index contributed by atoms with van der Waals surface area (Å²) in [7, 11) is 1.42. The van der Waals surface area contributed by atoms with Crippen molar-refractivity contribution >= 4 is 5.69 Å². The monoisotopic (exact) mass is 295 g/mol. The van der Waals surface area contributed by atoms with Crippen LogP contribution in [0.2, 0.25) is 0 Å². The maximum absolute atomic E-state index is 13.7. The van der Waals surface area contributed by atoms with Crippen LogP contribution in [0.25, 0.3) is 0 Å². The number of methoxy groups -OCH3 is 1. The third-order valence-corrected chi connectivity index (χ3v) is 2.77. The molecule has 0 bridgehead atoms. The van der Waals surface area contributed by atoms with Crippen LogP contribution in [0.3, 0.4) is 0 Å². The van der Waals surface area contributed by atoms with E-state index < -0.39 is 22.2 Å². The Kier molecular flexibility index (Phi) is 4.32. The van der Waals surface area contributed by atoms with E-state index in [0.29, 0.717) is 5.75 Å². The van der Waals surface area contributed by atoms with Crippen molar-refractivity contribution in [2.45, 2.75) is 6.61 Å². The second-order valence-corrected chi connectivity index (χ2v) is 4.12. The van der Waals surface area contributed by atoms with Crippen LogP contribution in [-0.4, -0.2) is 12.0 Å². The Balaban J connectivity index is 2.10. The van der Waals surface area contributed by atoms with Crippen LogP contribution in [-0.2, 0) is 6.61 Å². The van der Waals surface area contributed by atoms with Gasteiger partial charge < -0.3 is 9.47 Å². The first kappa shape index (κ1) is 14.7. The zero-order chi connectivity index (χ0) is 15.4. The van der Waals surface area contributed by atoms with Gasteiger partial charge in [0.2, 0.25) is 5.82 Å². The highest BCUT2D eigenvalue weighted by molar-refractivity contribution is 5.38. The van der Waals surface area contributed by atoms with Gasteiger partial charge in [-0.2, -0.15) is 4.39 Å². The molecule has 0 fully saturated rings.